The minimum absolute atomic E-state index is 0.0474. The van der Waals surface area contributed by atoms with E-state index >= 15 is 0 Å². The van der Waals surface area contributed by atoms with Gasteiger partial charge in [-0.25, -0.2) is 0 Å². The predicted octanol–water partition coefficient (Wildman–Crippen LogP) is 2.97. The number of carbonyl (C=O) groups is 2. The van der Waals surface area contributed by atoms with Crippen LogP contribution >= 0.6 is 0 Å². The largest absolute Gasteiger partial charge is 0.465 e. The molecule has 0 radical (unpaired) electrons. The van der Waals surface area contributed by atoms with Crippen LogP contribution in [0.2, 0.25) is 0 Å². The lowest BCUT2D eigenvalue weighted by atomic mass is 9.82. The first-order chi connectivity index (χ1) is 11.8. The molecular weight excluding hydrogens is 320 g/mol. The van der Waals surface area contributed by atoms with Crippen molar-refractivity contribution < 1.29 is 24.2 Å². The van der Waals surface area contributed by atoms with Crippen LogP contribution in [0.5, 0.6) is 0 Å². The molecule has 0 spiro atoms. The third-order valence-corrected chi connectivity index (χ3v) is 4.86. The Balaban J connectivity index is 2.40. The van der Waals surface area contributed by atoms with Crippen LogP contribution in [0.1, 0.15) is 39.2 Å². The molecule has 2 atom stereocenters. The lowest BCUT2D eigenvalue weighted by Gasteiger charge is -2.27. The molecule has 2 rings (SSSR count). The van der Waals surface area contributed by atoms with Gasteiger partial charge in [0, 0.05) is 12.3 Å². The highest BCUT2D eigenvalue weighted by atomic mass is 16.6. The van der Waals surface area contributed by atoms with Crippen molar-refractivity contribution in [3.05, 3.63) is 42.5 Å². The van der Waals surface area contributed by atoms with Gasteiger partial charge >= 0.3 is 11.9 Å². The number of aliphatic hydroxyl groups is 1. The summed E-state index contributed by atoms with van der Waals surface area (Å²) in [5.74, 6) is -1.74. The van der Waals surface area contributed by atoms with Crippen molar-refractivity contribution in [3.63, 3.8) is 0 Å². The van der Waals surface area contributed by atoms with E-state index < -0.39 is 28.9 Å². The summed E-state index contributed by atoms with van der Waals surface area (Å²) < 4.78 is 10.3. The Morgan fingerprint density at radius 1 is 1.16 bits per heavy atom. The number of carbonyl (C=O) groups excluding carboxylic acids is 2. The molecule has 1 fully saturated rings. The summed E-state index contributed by atoms with van der Waals surface area (Å²) in [5.41, 5.74) is -1.21. The molecule has 0 amide bonds. The molecule has 0 bridgehead atoms. The number of hydrogen-bond donors (Lipinski definition) is 1. The lowest BCUT2D eigenvalue weighted by molar-refractivity contribution is -0.173. The van der Waals surface area contributed by atoms with Crippen molar-refractivity contribution in [2.75, 3.05) is 13.2 Å². The number of hydrogen-bond acceptors (Lipinski definition) is 5. The second-order valence-corrected chi connectivity index (χ2v) is 6.70. The van der Waals surface area contributed by atoms with Gasteiger partial charge in [-0.2, -0.15) is 0 Å². The van der Waals surface area contributed by atoms with Crippen LogP contribution in [0.4, 0.5) is 0 Å². The second kappa shape index (κ2) is 7.40. The maximum absolute atomic E-state index is 12.6. The van der Waals surface area contributed by atoms with Gasteiger partial charge in [-0.1, -0.05) is 36.9 Å². The van der Waals surface area contributed by atoms with Gasteiger partial charge < -0.3 is 14.6 Å². The van der Waals surface area contributed by atoms with E-state index in [4.69, 9.17) is 9.47 Å². The van der Waals surface area contributed by atoms with Crippen LogP contribution in [0.25, 0.3) is 5.57 Å². The topological polar surface area (TPSA) is 72.8 Å². The average molecular weight is 346 g/mol. The predicted molar refractivity (Wildman–Crippen MR) is 94.5 cm³/mol. The molecule has 25 heavy (non-hydrogen) atoms. The van der Waals surface area contributed by atoms with E-state index in [9.17, 15) is 14.7 Å². The summed E-state index contributed by atoms with van der Waals surface area (Å²) in [6.45, 7) is 9.43. The van der Waals surface area contributed by atoms with Crippen molar-refractivity contribution in [1.82, 2.24) is 0 Å². The monoisotopic (exact) mass is 346 g/mol. The fourth-order valence-electron chi connectivity index (χ4n) is 3.66. The maximum atomic E-state index is 12.6. The van der Waals surface area contributed by atoms with Crippen LogP contribution in [0.15, 0.2) is 36.9 Å². The Kier molecular flexibility index (Phi) is 5.68. The Bertz CT molecular complexity index is 629. The summed E-state index contributed by atoms with van der Waals surface area (Å²) in [4.78, 5) is 25.2. The zero-order chi connectivity index (χ0) is 18.7. The zero-order valence-electron chi connectivity index (χ0n) is 15.1. The Labute approximate surface area is 148 Å². The molecule has 1 saturated carbocycles. The molecular formula is C20H26O5. The molecule has 1 aliphatic rings. The second-order valence-electron chi connectivity index (χ2n) is 6.70. The van der Waals surface area contributed by atoms with E-state index in [1.54, 1.807) is 20.8 Å². The fourth-order valence-corrected chi connectivity index (χ4v) is 3.66. The van der Waals surface area contributed by atoms with Gasteiger partial charge in [-0.05, 0) is 38.3 Å². The van der Waals surface area contributed by atoms with Gasteiger partial charge in [0.25, 0.3) is 0 Å². The smallest absolute Gasteiger partial charge is 0.323 e. The van der Waals surface area contributed by atoms with Gasteiger partial charge in [0.05, 0.1) is 18.8 Å². The molecule has 0 aliphatic heterocycles. The molecule has 0 saturated heterocycles. The highest BCUT2D eigenvalue weighted by molar-refractivity contribution is 6.01. The van der Waals surface area contributed by atoms with Crippen LogP contribution in [0.3, 0.4) is 0 Å². The molecule has 1 aromatic rings. The number of benzene rings is 1. The van der Waals surface area contributed by atoms with Gasteiger partial charge in [-0.15, -0.1) is 0 Å². The third kappa shape index (κ3) is 3.61. The van der Waals surface area contributed by atoms with E-state index in [0.717, 1.165) is 5.56 Å². The van der Waals surface area contributed by atoms with E-state index in [2.05, 4.69) is 6.58 Å². The van der Waals surface area contributed by atoms with Crippen molar-refractivity contribution >= 4 is 17.5 Å². The summed E-state index contributed by atoms with van der Waals surface area (Å²) in [7, 11) is 0. The highest BCUT2D eigenvalue weighted by Gasteiger charge is 2.62. The summed E-state index contributed by atoms with van der Waals surface area (Å²) in [5, 5.41) is 11.0. The average Bonchev–Trinajstić information content (AvgIpc) is 2.88. The van der Waals surface area contributed by atoms with E-state index in [1.807, 2.05) is 30.3 Å². The molecule has 0 unspecified atom stereocenters. The minimum Gasteiger partial charge on any atom is -0.465 e. The van der Waals surface area contributed by atoms with E-state index in [0.29, 0.717) is 5.57 Å². The molecule has 1 aliphatic carbocycles. The van der Waals surface area contributed by atoms with Crippen LogP contribution in [-0.4, -0.2) is 35.9 Å². The Morgan fingerprint density at radius 2 is 1.68 bits per heavy atom. The molecule has 1 aromatic carbocycles. The Morgan fingerprint density at radius 3 is 2.16 bits per heavy atom. The molecule has 0 heterocycles. The first-order valence-corrected chi connectivity index (χ1v) is 8.59. The fraction of sp³-hybridized carbons (Fsp3) is 0.500. The Hall–Kier alpha value is -2.14. The van der Waals surface area contributed by atoms with E-state index in [1.165, 1.54) is 0 Å². The zero-order valence-corrected chi connectivity index (χ0v) is 15.1. The summed E-state index contributed by atoms with van der Waals surface area (Å²) in [6.07, 6.45) is 0.0690. The lowest BCUT2D eigenvalue weighted by Crippen LogP contribution is -2.41. The number of rotatable bonds is 6. The van der Waals surface area contributed by atoms with Gasteiger partial charge in [0.1, 0.15) is 0 Å². The SMILES string of the molecule is C=C(c1ccccc1)[C@@H]1CC(C(=O)OCC)(C(=O)OCC)C[C@]1(C)O. The molecule has 5 nitrogen and oxygen atoms in total. The van der Waals surface area contributed by atoms with Crippen LogP contribution in [0, 0.1) is 11.3 Å². The van der Waals surface area contributed by atoms with Crippen molar-refractivity contribution in [2.45, 2.75) is 39.2 Å². The normalized spacial score (nSPS) is 24.6. The van der Waals surface area contributed by atoms with Gasteiger partial charge in [0.15, 0.2) is 5.41 Å². The number of esters is 2. The van der Waals surface area contributed by atoms with Crippen LogP contribution in [-0.2, 0) is 19.1 Å². The van der Waals surface area contributed by atoms with Gasteiger partial charge in [-0.3, -0.25) is 9.59 Å². The quantitative estimate of drug-likeness (QED) is 0.633. The molecule has 5 heteroatoms. The standard InChI is InChI=1S/C20H26O5/c1-5-24-17(21)20(18(22)25-6-2)12-16(19(4,23)13-20)14(3)15-10-8-7-9-11-15/h7-11,16,23H,3,5-6,12-13H2,1-2,4H3/t16-,19-/m0/s1. The molecule has 0 aromatic heterocycles. The third-order valence-electron chi connectivity index (χ3n) is 4.86. The molecule has 136 valence electrons. The highest BCUT2D eigenvalue weighted by Crippen LogP contribution is 2.53. The maximum Gasteiger partial charge on any atom is 0.323 e. The first kappa shape index (κ1) is 19.2. The van der Waals surface area contributed by atoms with Crippen molar-refractivity contribution in [1.29, 1.82) is 0 Å². The van der Waals surface area contributed by atoms with Crippen molar-refractivity contribution in [2.24, 2.45) is 11.3 Å². The minimum atomic E-state index is -1.50. The summed E-state index contributed by atoms with van der Waals surface area (Å²) in [6, 6.07) is 9.45. The first-order valence-electron chi connectivity index (χ1n) is 8.59. The summed E-state index contributed by atoms with van der Waals surface area (Å²) >= 11 is 0. The molecule has 1 N–H and O–H groups in total. The van der Waals surface area contributed by atoms with Gasteiger partial charge in [0.2, 0.25) is 0 Å². The van der Waals surface area contributed by atoms with Crippen molar-refractivity contribution in [3.8, 4) is 0 Å². The van der Waals surface area contributed by atoms with E-state index in [-0.39, 0.29) is 26.1 Å². The number of ether oxygens (including phenoxy) is 2. The van der Waals surface area contributed by atoms with Crippen LogP contribution < -0.4 is 0 Å².